The number of aromatic nitrogens is 3. The third-order valence-electron chi connectivity index (χ3n) is 2.81. The van der Waals surface area contributed by atoms with E-state index in [9.17, 15) is 4.79 Å². The minimum Gasteiger partial charge on any atom is -0.324 e. The average molecular weight is 338 g/mol. The second kappa shape index (κ2) is 6.62. The van der Waals surface area contributed by atoms with Crippen LogP contribution >= 0.6 is 15.9 Å². The third kappa shape index (κ3) is 3.88. The summed E-state index contributed by atoms with van der Waals surface area (Å²) >= 11 is 3.34. The molecule has 1 atom stereocenters. The number of carbonyl (C=O) groups is 1. The zero-order valence-corrected chi connectivity index (χ0v) is 12.7. The number of nitrogens with zero attached hydrogens (tertiary/aromatic N) is 3. The third-order valence-corrected chi connectivity index (χ3v) is 3.34. The second-order valence-electron chi connectivity index (χ2n) is 4.41. The quantitative estimate of drug-likeness (QED) is 0.874. The number of halogens is 1. The molecule has 0 spiro atoms. The molecule has 0 saturated carbocycles. The Morgan fingerprint density at radius 3 is 2.80 bits per heavy atom. The highest BCUT2D eigenvalue weighted by molar-refractivity contribution is 9.10. The van der Waals surface area contributed by atoms with Crippen LogP contribution in [0.4, 0.5) is 5.69 Å². The first-order chi connectivity index (χ1) is 9.58. The molecule has 6 nitrogen and oxygen atoms in total. The Bertz CT molecular complexity index is 581. The molecule has 20 heavy (non-hydrogen) atoms. The predicted octanol–water partition coefficient (Wildman–Crippen LogP) is 2.09. The molecule has 3 N–H and O–H groups in total. The van der Waals surface area contributed by atoms with Gasteiger partial charge in [0.05, 0.1) is 17.9 Å². The zero-order valence-electron chi connectivity index (χ0n) is 11.1. The Kier molecular flexibility index (Phi) is 4.86. The van der Waals surface area contributed by atoms with Crippen molar-refractivity contribution in [1.82, 2.24) is 15.0 Å². The monoisotopic (exact) mass is 337 g/mol. The fourth-order valence-corrected chi connectivity index (χ4v) is 1.91. The molecule has 0 bridgehead atoms. The van der Waals surface area contributed by atoms with Crippen LogP contribution in [-0.2, 0) is 11.3 Å². The van der Waals surface area contributed by atoms with Crippen LogP contribution in [0.3, 0.4) is 0 Å². The van der Waals surface area contributed by atoms with Crippen LogP contribution in [0.5, 0.6) is 0 Å². The van der Waals surface area contributed by atoms with Crippen LogP contribution in [0.1, 0.15) is 25.1 Å². The van der Waals surface area contributed by atoms with Crippen molar-refractivity contribution in [2.75, 3.05) is 5.32 Å². The molecule has 0 fully saturated rings. The Hall–Kier alpha value is -1.73. The fraction of sp³-hybridized carbons (Fsp3) is 0.308. The Labute approximate surface area is 125 Å². The van der Waals surface area contributed by atoms with E-state index in [4.69, 9.17) is 5.73 Å². The lowest BCUT2D eigenvalue weighted by Gasteiger charge is -2.05. The molecule has 0 aliphatic heterocycles. The number of nitrogens with one attached hydrogen (secondary N) is 1. The van der Waals surface area contributed by atoms with Gasteiger partial charge in [-0.25, -0.2) is 4.68 Å². The van der Waals surface area contributed by atoms with E-state index >= 15 is 0 Å². The molecule has 2 rings (SSSR count). The topological polar surface area (TPSA) is 85.8 Å². The molecule has 7 heteroatoms. The standard InChI is InChI=1S/C13H16BrN5O/c1-2-11(15)12-7-19(18-17-12)8-13(20)16-10-5-3-9(14)4-6-10/h3-7,11H,2,8,15H2,1H3,(H,16,20). The number of hydrogen-bond acceptors (Lipinski definition) is 4. The van der Waals surface area contributed by atoms with E-state index in [-0.39, 0.29) is 18.5 Å². The van der Waals surface area contributed by atoms with Crippen molar-refractivity contribution in [3.8, 4) is 0 Å². The number of carbonyl (C=O) groups excluding carboxylic acids is 1. The van der Waals surface area contributed by atoms with Gasteiger partial charge in [0.1, 0.15) is 6.54 Å². The molecule has 106 valence electrons. The lowest BCUT2D eigenvalue weighted by molar-refractivity contribution is -0.116. The maximum absolute atomic E-state index is 11.9. The summed E-state index contributed by atoms with van der Waals surface area (Å²) in [6.07, 6.45) is 2.49. The van der Waals surface area contributed by atoms with Crippen molar-refractivity contribution < 1.29 is 4.79 Å². The van der Waals surface area contributed by atoms with E-state index in [1.165, 1.54) is 4.68 Å². The predicted molar refractivity (Wildman–Crippen MR) is 80.0 cm³/mol. The van der Waals surface area contributed by atoms with E-state index in [1.54, 1.807) is 6.20 Å². The minimum absolute atomic E-state index is 0.111. The molecule has 0 aliphatic rings. The summed E-state index contributed by atoms with van der Waals surface area (Å²) < 4.78 is 2.45. The molecule has 1 aromatic carbocycles. The Morgan fingerprint density at radius 2 is 2.15 bits per heavy atom. The lowest BCUT2D eigenvalue weighted by atomic mass is 10.2. The van der Waals surface area contributed by atoms with Gasteiger partial charge in [-0.2, -0.15) is 0 Å². The van der Waals surface area contributed by atoms with Crippen LogP contribution < -0.4 is 11.1 Å². The highest BCUT2D eigenvalue weighted by Gasteiger charge is 2.10. The summed E-state index contributed by atoms with van der Waals surface area (Å²) in [6.45, 7) is 2.09. The average Bonchev–Trinajstić information content (AvgIpc) is 2.89. The number of anilines is 1. The smallest absolute Gasteiger partial charge is 0.246 e. The second-order valence-corrected chi connectivity index (χ2v) is 5.33. The van der Waals surface area contributed by atoms with Crippen molar-refractivity contribution in [3.05, 3.63) is 40.6 Å². The van der Waals surface area contributed by atoms with Crippen LogP contribution in [0.15, 0.2) is 34.9 Å². The molecule has 0 saturated heterocycles. The van der Waals surface area contributed by atoms with Crippen molar-refractivity contribution in [2.45, 2.75) is 25.9 Å². The first kappa shape index (κ1) is 14.7. The van der Waals surface area contributed by atoms with Crippen LogP contribution in [0, 0.1) is 0 Å². The molecule has 0 aliphatic carbocycles. The molecular weight excluding hydrogens is 322 g/mol. The maximum atomic E-state index is 11.9. The van der Waals surface area contributed by atoms with Gasteiger partial charge in [0.2, 0.25) is 5.91 Å². The molecule has 2 aromatic rings. The molecule has 1 aromatic heterocycles. The van der Waals surface area contributed by atoms with E-state index in [0.717, 1.165) is 16.6 Å². The van der Waals surface area contributed by atoms with Gasteiger partial charge in [-0.1, -0.05) is 28.1 Å². The van der Waals surface area contributed by atoms with Crippen LogP contribution in [-0.4, -0.2) is 20.9 Å². The number of rotatable bonds is 5. The summed E-state index contributed by atoms with van der Waals surface area (Å²) in [7, 11) is 0. The zero-order chi connectivity index (χ0) is 14.5. The maximum Gasteiger partial charge on any atom is 0.246 e. The largest absolute Gasteiger partial charge is 0.324 e. The van der Waals surface area contributed by atoms with Gasteiger partial charge >= 0.3 is 0 Å². The van der Waals surface area contributed by atoms with Crippen molar-refractivity contribution in [3.63, 3.8) is 0 Å². The summed E-state index contributed by atoms with van der Waals surface area (Å²) in [5.41, 5.74) is 7.29. The van der Waals surface area contributed by atoms with Crippen LogP contribution in [0.2, 0.25) is 0 Å². The van der Waals surface area contributed by atoms with Gasteiger partial charge in [0.25, 0.3) is 0 Å². The number of hydrogen-bond donors (Lipinski definition) is 2. The van der Waals surface area contributed by atoms with E-state index in [2.05, 4.69) is 31.6 Å². The molecule has 1 heterocycles. The van der Waals surface area contributed by atoms with E-state index in [1.807, 2.05) is 31.2 Å². The number of amides is 1. The van der Waals surface area contributed by atoms with Gasteiger partial charge < -0.3 is 11.1 Å². The SMILES string of the molecule is CCC(N)c1cn(CC(=O)Nc2ccc(Br)cc2)nn1. The summed E-state index contributed by atoms with van der Waals surface area (Å²) in [4.78, 5) is 11.9. The van der Waals surface area contributed by atoms with Crippen molar-refractivity contribution in [2.24, 2.45) is 5.73 Å². The summed E-state index contributed by atoms with van der Waals surface area (Å²) in [5, 5.41) is 10.7. The van der Waals surface area contributed by atoms with Crippen LogP contribution in [0.25, 0.3) is 0 Å². The molecule has 0 radical (unpaired) electrons. The Balaban J connectivity index is 1.94. The first-order valence-corrected chi connectivity index (χ1v) is 7.09. The highest BCUT2D eigenvalue weighted by Crippen LogP contribution is 2.14. The van der Waals surface area contributed by atoms with E-state index in [0.29, 0.717) is 5.69 Å². The normalized spacial score (nSPS) is 12.2. The minimum atomic E-state index is -0.158. The summed E-state index contributed by atoms with van der Waals surface area (Å²) in [5.74, 6) is -0.158. The van der Waals surface area contributed by atoms with Crippen molar-refractivity contribution in [1.29, 1.82) is 0 Å². The lowest BCUT2D eigenvalue weighted by Crippen LogP contribution is -2.19. The van der Waals surface area contributed by atoms with Gasteiger partial charge in [0, 0.05) is 10.2 Å². The van der Waals surface area contributed by atoms with Gasteiger partial charge in [-0.05, 0) is 30.7 Å². The van der Waals surface area contributed by atoms with Gasteiger partial charge in [-0.3, -0.25) is 4.79 Å². The molecule has 1 unspecified atom stereocenters. The van der Waals surface area contributed by atoms with Gasteiger partial charge in [-0.15, -0.1) is 5.10 Å². The Morgan fingerprint density at radius 1 is 1.45 bits per heavy atom. The summed E-state index contributed by atoms with van der Waals surface area (Å²) in [6, 6.07) is 7.23. The number of benzene rings is 1. The fourth-order valence-electron chi connectivity index (χ4n) is 1.65. The first-order valence-electron chi connectivity index (χ1n) is 6.29. The molecule has 1 amide bonds. The van der Waals surface area contributed by atoms with Gasteiger partial charge in [0.15, 0.2) is 0 Å². The highest BCUT2D eigenvalue weighted by atomic mass is 79.9. The number of nitrogens with two attached hydrogens (primary N) is 1. The van der Waals surface area contributed by atoms with E-state index < -0.39 is 0 Å². The molecular formula is C13H16BrN5O. The van der Waals surface area contributed by atoms with Crippen molar-refractivity contribution >= 4 is 27.5 Å².